The molecule has 26 heavy (non-hydrogen) atoms. The molecule has 138 valence electrons. The molecule has 1 N–H and O–H groups in total. The lowest BCUT2D eigenvalue weighted by Gasteiger charge is -2.24. The van der Waals surface area contributed by atoms with Gasteiger partial charge >= 0.3 is 5.97 Å². The molecule has 2 rings (SSSR count). The number of hydrogen-bond acceptors (Lipinski definition) is 7. The minimum atomic E-state index is -0.884. The van der Waals surface area contributed by atoms with Crippen LogP contribution in [0.5, 0.6) is 0 Å². The number of ether oxygens (including phenoxy) is 1. The van der Waals surface area contributed by atoms with Gasteiger partial charge < -0.3 is 19.4 Å². The molecule has 9 heteroatoms. The normalized spacial score (nSPS) is 11.5. The first-order chi connectivity index (χ1) is 12.5. The van der Waals surface area contributed by atoms with Crippen LogP contribution in [0.4, 0.5) is 0 Å². The molecule has 0 radical (unpaired) electrons. The van der Waals surface area contributed by atoms with Gasteiger partial charge in [0.05, 0.1) is 19.4 Å². The van der Waals surface area contributed by atoms with Gasteiger partial charge in [-0.05, 0) is 32.0 Å². The summed E-state index contributed by atoms with van der Waals surface area (Å²) in [6.45, 7) is 3.14. The molecule has 0 unspecified atom stereocenters. The Bertz CT molecular complexity index is 733. The monoisotopic (exact) mass is 360 g/mol. The first-order valence-corrected chi connectivity index (χ1v) is 8.06. The molecule has 0 aliphatic rings. The summed E-state index contributed by atoms with van der Waals surface area (Å²) in [5, 5.41) is 2.54. The van der Waals surface area contributed by atoms with Gasteiger partial charge in [0.1, 0.15) is 18.4 Å². The highest BCUT2D eigenvalue weighted by atomic mass is 16.5. The van der Waals surface area contributed by atoms with Crippen LogP contribution in [0.15, 0.2) is 41.3 Å². The van der Waals surface area contributed by atoms with Gasteiger partial charge in [-0.15, -0.1) is 0 Å². The van der Waals surface area contributed by atoms with Crippen molar-refractivity contribution in [2.24, 2.45) is 0 Å². The Kier molecular flexibility index (Phi) is 6.84. The van der Waals surface area contributed by atoms with Gasteiger partial charge in [-0.2, -0.15) is 0 Å². The molecule has 0 saturated heterocycles. The van der Waals surface area contributed by atoms with Crippen LogP contribution in [0.3, 0.4) is 0 Å². The number of carbonyl (C=O) groups excluding carboxylic acids is 3. The van der Waals surface area contributed by atoms with Crippen LogP contribution in [0.1, 0.15) is 30.2 Å². The molecule has 9 nitrogen and oxygen atoms in total. The summed E-state index contributed by atoms with van der Waals surface area (Å²) in [6, 6.07) is 3.82. The van der Waals surface area contributed by atoms with E-state index in [4.69, 9.17) is 9.15 Å². The van der Waals surface area contributed by atoms with Crippen LogP contribution in [0.2, 0.25) is 0 Å². The molecule has 2 aromatic rings. The Labute approximate surface area is 150 Å². The smallest absolute Gasteiger partial charge is 0.325 e. The molecule has 2 heterocycles. The second kappa shape index (κ2) is 9.30. The first-order valence-electron chi connectivity index (χ1n) is 8.06. The van der Waals surface area contributed by atoms with Crippen LogP contribution in [-0.4, -0.2) is 51.8 Å². The van der Waals surface area contributed by atoms with Crippen LogP contribution in [0.25, 0.3) is 0 Å². The van der Waals surface area contributed by atoms with E-state index in [2.05, 4.69) is 15.3 Å². The van der Waals surface area contributed by atoms with E-state index < -0.39 is 23.8 Å². The average molecular weight is 360 g/mol. The Balaban J connectivity index is 2.07. The van der Waals surface area contributed by atoms with Crippen molar-refractivity contribution in [2.45, 2.75) is 26.4 Å². The molecule has 2 aromatic heterocycles. The van der Waals surface area contributed by atoms with E-state index in [9.17, 15) is 14.4 Å². The summed E-state index contributed by atoms with van der Waals surface area (Å²) in [4.78, 5) is 45.9. The SMILES string of the molecule is CCOC(=O)CN(Cc1ncccn1)C(=O)[C@H](C)NC(=O)c1ccco1. The number of furan rings is 1. The molecule has 1 atom stereocenters. The van der Waals surface area contributed by atoms with E-state index >= 15 is 0 Å². The summed E-state index contributed by atoms with van der Waals surface area (Å²) in [5.74, 6) is -1.09. The third-order valence-corrected chi connectivity index (χ3v) is 3.35. The third-order valence-electron chi connectivity index (χ3n) is 3.35. The van der Waals surface area contributed by atoms with E-state index in [1.54, 1.807) is 19.1 Å². The lowest BCUT2D eigenvalue weighted by molar-refractivity contribution is -0.149. The Morgan fingerprint density at radius 2 is 2.00 bits per heavy atom. The highest BCUT2D eigenvalue weighted by Crippen LogP contribution is 2.05. The van der Waals surface area contributed by atoms with Crippen LogP contribution in [-0.2, 0) is 20.9 Å². The highest BCUT2D eigenvalue weighted by molar-refractivity contribution is 5.95. The van der Waals surface area contributed by atoms with E-state index in [0.717, 1.165) is 0 Å². The van der Waals surface area contributed by atoms with Gasteiger partial charge in [-0.25, -0.2) is 9.97 Å². The maximum atomic E-state index is 12.7. The van der Waals surface area contributed by atoms with Gasteiger partial charge in [0.2, 0.25) is 5.91 Å². The van der Waals surface area contributed by atoms with Gasteiger partial charge in [0, 0.05) is 12.4 Å². The quantitative estimate of drug-likeness (QED) is 0.692. The van der Waals surface area contributed by atoms with Crippen molar-refractivity contribution in [2.75, 3.05) is 13.2 Å². The molecule has 0 fully saturated rings. The maximum absolute atomic E-state index is 12.7. The van der Waals surface area contributed by atoms with Gasteiger partial charge in [0.25, 0.3) is 5.91 Å². The molecule has 0 bridgehead atoms. The fourth-order valence-electron chi connectivity index (χ4n) is 2.17. The largest absolute Gasteiger partial charge is 0.465 e. The highest BCUT2D eigenvalue weighted by Gasteiger charge is 2.26. The van der Waals surface area contributed by atoms with Gasteiger partial charge in [0.15, 0.2) is 5.76 Å². The fraction of sp³-hybridized carbons (Fsp3) is 0.353. The summed E-state index contributed by atoms with van der Waals surface area (Å²) in [6.07, 6.45) is 4.44. The summed E-state index contributed by atoms with van der Waals surface area (Å²) < 4.78 is 9.90. The van der Waals surface area contributed by atoms with Crippen LogP contribution in [0, 0.1) is 0 Å². The van der Waals surface area contributed by atoms with Crippen molar-refractivity contribution < 1.29 is 23.5 Å². The van der Waals surface area contributed by atoms with E-state index in [-0.39, 0.29) is 25.5 Å². The number of aromatic nitrogens is 2. The topological polar surface area (TPSA) is 115 Å². The summed E-state index contributed by atoms with van der Waals surface area (Å²) >= 11 is 0. The zero-order chi connectivity index (χ0) is 18.9. The summed E-state index contributed by atoms with van der Waals surface area (Å²) in [5.41, 5.74) is 0. The molecular weight excluding hydrogens is 340 g/mol. The van der Waals surface area contributed by atoms with Crippen LogP contribution < -0.4 is 5.32 Å². The molecule has 2 amide bonds. The van der Waals surface area contributed by atoms with E-state index in [0.29, 0.717) is 5.82 Å². The Morgan fingerprint density at radius 1 is 1.27 bits per heavy atom. The molecule has 0 aromatic carbocycles. The van der Waals surface area contributed by atoms with Gasteiger partial charge in [-0.1, -0.05) is 0 Å². The van der Waals surface area contributed by atoms with Crippen molar-refractivity contribution in [1.82, 2.24) is 20.2 Å². The molecule has 0 spiro atoms. The van der Waals surface area contributed by atoms with E-state index in [1.165, 1.54) is 36.5 Å². The van der Waals surface area contributed by atoms with E-state index in [1.807, 2.05) is 0 Å². The van der Waals surface area contributed by atoms with Gasteiger partial charge in [-0.3, -0.25) is 14.4 Å². The molecular formula is C17H20N4O5. The standard InChI is InChI=1S/C17H20N4O5/c1-3-25-15(22)11-21(10-14-18-7-5-8-19-14)17(24)12(2)20-16(23)13-6-4-9-26-13/h4-9,12H,3,10-11H2,1-2H3,(H,20,23)/t12-/m0/s1. The number of hydrogen-bond donors (Lipinski definition) is 1. The number of nitrogens with one attached hydrogen (secondary N) is 1. The van der Waals surface area contributed by atoms with Crippen molar-refractivity contribution in [3.05, 3.63) is 48.4 Å². The van der Waals surface area contributed by atoms with Crippen LogP contribution >= 0.6 is 0 Å². The minimum absolute atomic E-state index is 0.0133. The Morgan fingerprint density at radius 3 is 2.62 bits per heavy atom. The predicted octanol–water partition coefficient (Wildman–Crippen LogP) is 0.780. The number of carbonyl (C=O) groups is 3. The lowest BCUT2D eigenvalue weighted by Crippen LogP contribution is -2.48. The number of esters is 1. The minimum Gasteiger partial charge on any atom is -0.465 e. The zero-order valence-corrected chi connectivity index (χ0v) is 14.5. The van der Waals surface area contributed by atoms with Crippen molar-refractivity contribution in [3.63, 3.8) is 0 Å². The first kappa shape index (κ1) is 19.1. The zero-order valence-electron chi connectivity index (χ0n) is 14.5. The number of nitrogens with zero attached hydrogens (tertiary/aromatic N) is 3. The fourth-order valence-corrected chi connectivity index (χ4v) is 2.17. The maximum Gasteiger partial charge on any atom is 0.325 e. The Hall–Kier alpha value is -3.23. The molecule has 0 aliphatic carbocycles. The third kappa shape index (κ3) is 5.40. The van der Waals surface area contributed by atoms with Crippen molar-refractivity contribution >= 4 is 17.8 Å². The molecule has 0 saturated carbocycles. The lowest BCUT2D eigenvalue weighted by atomic mass is 10.2. The number of amides is 2. The number of rotatable bonds is 8. The van der Waals surface area contributed by atoms with Crippen molar-refractivity contribution in [3.8, 4) is 0 Å². The molecule has 0 aliphatic heterocycles. The predicted molar refractivity (Wildman–Crippen MR) is 89.7 cm³/mol. The average Bonchev–Trinajstić information content (AvgIpc) is 3.16. The summed E-state index contributed by atoms with van der Waals surface area (Å²) in [7, 11) is 0. The second-order valence-electron chi connectivity index (χ2n) is 5.34. The van der Waals surface area contributed by atoms with Crippen molar-refractivity contribution in [1.29, 1.82) is 0 Å². The second-order valence-corrected chi connectivity index (χ2v) is 5.34.